The van der Waals surface area contributed by atoms with E-state index in [4.69, 9.17) is 4.74 Å². The number of anilines is 1. The van der Waals surface area contributed by atoms with Crippen LogP contribution in [0.4, 0.5) is 5.69 Å². The van der Waals surface area contributed by atoms with Crippen LogP contribution in [0.15, 0.2) is 36.7 Å². The van der Waals surface area contributed by atoms with Gasteiger partial charge in [0.15, 0.2) is 5.52 Å². The molecular formula is C18H18N4O. The van der Waals surface area contributed by atoms with Crippen LogP contribution in [0.25, 0.3) is 22.3 Å². The summed E-state index contributed by atoms with van der Waals surface area (Å²) in [7, 11) is 3.76. The molecule has 0 saturated heterocycles. The minimum Gasteiger partial charge on any atom is -0.479 e. The first-order valence-corrected chi connectivity index (χ1v) is 7.76. The second-order valence-corrected chi connectivity index (χ2v) is 5.81. The van der Waals surface area contributed by atoms with E-state index in [0.717, 1.165) is 29.7 Å². The van der Waals surface area contributed by atoms with E-state index >= 15 is 0 Å². The van der Waals surface area contributed by atoms with Crippen LogP contribution < -0.4 is 9.64 Å². The molecule has 1 aliphatic rings. The number of hydrogen-bond acceptors (Lipinski definition) is 5. The van der Waals surface area contributed by atoms with Crippen molar-refractivity contribution in [3.05, 3.63) is 42.2 Å². The van der Waals surface area contributed by atoms with Gasteiger partial charge >= 0.3 is 0 Å². The van der Waals surface area contributed by atoms with E-state index in [1.165, 1.54) is 17.7 Å². The number of nitrogens with zero attached hydrogens (tertiary/aromatic N) is 4. The van der Waals surface area contributed by atoms with Crippen molar-refractivity contribution in [1.82, 2.24) is 15.0 Å². The van der Waals surface area contributed by atoms with Gasteiger partial charge in [0.25, 0.3) is 0 Å². The second kappa shape index (κ2) is 5.50. The average molecular weight is 306 g/mol. The summed E-state index contributed by atoms with van der Waals surface area (Å²) in [6, 6.07) is 8.50. The van der Waals surface area contributed by atoms with Crippen molar-refractivity contribution in [2.24, 2.45) is 0 Å². The Kier molecular flexibility index (Phi) is 3.33. The van der Waals surface area contributed by atoms with Crippen LogP contribution in [0, 0.1) is 0 Å². The number of benzene rings is 1. The van der Waals surface area contributed by atoms with Gasteiger partial charge in [0.05, 0.1) is 18.3 Å². The van der Waals surface area contributed by atoms with Crippen LogP contribution in [0.1, 0.15) is 12.0 Å². The first-order valence-electron chi connectivity index (χ1n) is 7.76. The topological polar surface area (TPSA) is 51.1 Å². The standard InChI is InChI=1S/C18H18N4O/c1-22-9-3-4-13-10-12(5-6-16(13)22)14-11-15-17(18(21-14)23-2)20-8-7-19-15/h5-8,10-11H,3-4,9H2,1-2H3. The van der Waals surface area contributed by atoms with Crippen LogP contribution in [0.2, 0.25) is 0 Å². The third kappa shape index (κ3) is 2.38. The molecule has 0 amide bonds. The van der Waals surface area contributed by atoms with Crippen molar-refractivity contribution in [3.63, 3.8) is 0 Å². The summed E-state index contributed by atoms with van der Waals surface area (Å²) in [6.07, 6.45) is 5.64. The lowest BCUT2D eigenvalue weighted by molar-refractivity contribution is 0.403. The third-order valence-corrected chi connectivity index (χ3v) is 4.34. The maximum atomic E-state index is 5.40. The number of aromatic nitrogens is 3. The van der Waals surface area contributed by atoms with E-state index in [-0.39, 0.29) is 0 Å². The molecule has 0 aliphatic carbocycles. The van der Waals surface area contributed by atoms with Crippen LogP contribution in [-0.2, 0) is 6.42 Å². The molecule has 116 valence electrons. The zero-order chi connectivity index (χ0) is 15.8. The van der Waals surface area contributed by atoms with Crippen LogP contribution in [0.5, 0.6) is 5.88 Å². The van der Waals surface area contributed by atoms with Gasteiger partial charge in [-0.15, -0.1) is 0 Å². The molecule has 5 nitrogen and oxygen atoms in total. The van der Waals surface area contributed by atoms with E-state index in [1.54, 1.807) is 19.5 Å². The zero-order valence-electron chi connectivity index (χ0n) is 13.3. The van der Waals surface area contributed by atoms with E-state index in [9.17, 15) is 0 Å². The Morgan fingerprint density at radius 2 is 2.00 bits per heavy atom. The van der Waals surface area contributed by atoms with Gasteiger partial charge < -0.3 is 9.64 Å². The molecule has 1 aromatic carbocycles. The molecule has 0 bridgehead atoms. The SMILES string of the molecule is COc1nc(-c2ccc3c(c2)CCCN3C)cc2nccnc12. The Hall–Kier alpha value is -2.69. The van der Waals surface area contributed by atoms with E-state index in [2.05, 4.69) is 45.1 Å². The fourth-order valence-corrected chi connectivity index (χ4v) is 3.18. The van der Waals surface area contributed by atoms with E-state index < -0.39 is 0 Å². The fraction of sp³-hybridized carbons (Fsp3) is 0.278. The van der Waals surface area contributed by atoms with E-state index in [1.807, 2.05) is 6.07 Å². The van der Waals surface area contributed by atoms with Gasteiger partial charge in [-0.25, -0.2) is 9.97 Å². The molecule has 0 N–H and O–H groups in total. The van der Waals surface area contributed by atoms with Crippen LogP contribution in [0.3, 0.4) is 0 Å². The van der Waals surface area contributed by atoms with Gasteiger partial charge in [0, 0.05) is 37.2 Å². The Labute approximate surface area is 135 Å². The highest BCUT2D eigenvalue weighted by atomic mass is 16.5. The molecule has 4 rings (SSSR count). The summed E-state index contributed by atoms with van der Waals surface area (Å²) < 4.78 is 5.40. The van der Waals surface area contributed by atoms with Gasteiger partial charge in [0.2, 0.25) is 5.88 Å². The number of aryl methyl sites for hydroxylation is 1. The highest BCUT2D eigenvalue weighted by Crippen LogP contribution is 2.32. The lowest BCUT2D eigenvalue weighted by Crippen LogP contribution is -2.24. The average Bonchev–Trinajstić information content (AvgIpc) is 2.60. The predicted octanol–water partition coefficient (Wildman–Crippen LogP) is 3.08. The van der Waals surface area contributed by atoms with Crippen molar-refractivity contribution >= 4 is 16.7 Å². The second-order valence-electron chi connectivity index (χ2n) is 5.81. The van der Waals surface area contributed by atoms with Crippen LogP contribution >= 0.6 is 0 Å². The molecule has 0 radical (unpaired) electrons. The van der Waals surface area contributed by atoms with Gasteiger partial charge in [-0.2, -0.15) is 0 Å². The minimum atomic E-state index is 0.514. The molecule has 0 spiro atoms. The normalized spacial score (nSPS) is 13.9. The van der Waals surface area contributed by atoms with Crippen LogP contribution in [-0.4, -0.2) is 35.7 Å². The first kappa shape index (κ1) is 13.9. The number of ether oxygens (including phenoxy) is 1. The maximum absolute atomic E-state index is 5.40. The largest absolute Gasteiger partial charge is 0.479 e. The molecule has 0 atom stereocenters. The van der Waals surface area contributed by atoms with Gasteiger partial charge in [-0.1, -0.05) is 6.07 Å². The Balaban J connectivity index is 1.86. The number of methoxy groups -OCH3 is 1. The molecule has 0 unspecified atom stereocenters. The molecule has 2 aromatic heterocycles. The molecule has 3 aromatic rings. The molecule has 1 aliphatic heterocycles. The Morgan fingerprint density at radius 1 is 1.13 bits per heavy atom. The molecule has 0 saturated carbocycles. The molecule has 23 heavy (non-hydrogen) atoms. The Bertz CT molecular complexity index is 878. The van der Waals surface area contributed by atoms with Gasteiger partial charge in [0.1, 0.15) is 0 Å². The molecule has 5 heteroatoms. The fourth-order valence-electron chi connectivity index (χ4n) is 3.18. The smallest absolute Gasteiger partial charge is 0.242 e. The van der Waals surface area contributed by atoms with E-state index in [0.29, 0.717) is 11.4 Å². The zero-order valence-corrected chi connectivity index (χ0v) is 13.3. The summed E-state index contributed by atoms with van der Waals surface area (Å²) in [5.74, 6) is 0.514. The Morgan fingerprint density at radius 3 is 2.87 bits per heavy atom. The van der Waals surface area contributed by atoms with Gasteiger partial charge in [-0.3, -0.25) is 4.98 Å². The van der Waals surface area contributed by atoms with Crippen molar-refractivity contribution in [3.8, 4) is 17.1 Å². The summed E-state index contributed by atoms with van der Waals surface area (Å²) in [4.78, 5) is 15.6. The summed E-state index contributed by atoms with van der Waals surface area (Å²) in [5, 5.41) is 0. The quantitative estimate of drug-likeness (QED) is 0.728. The molecular weight excluding hydrogens is 288 g/mol. The van der Waals surface area contributed by atoms with Crippen molar-refractivity contribution in [2.45, 2.75) is 12.8 Å². The first-order chi connectivity index (χ1) is 11.3. The van der Waals surface area contributed by atoms with Gasteiger partial charge in [-0.05, 0) is 36.6 Å². The predicted molar refractivity (Wildman–Crippen MR) is 90.9 cm³/mol. The lowest BCUT2D eigenvalue weighted by Gasteiger charge is -2.27. The lowest BCUT2D eigenvalue weighted by atomic mass is 9.98. The summed E-state index contributed by atoms with van der Waals surface area (Å²) in [6.45, 7) is 1.12. The number of pyridine rings is 1. The maximum Gasteiger partial charge on any atom is 0.242 e. The molecule has 0 fully saturated rings. The number of rotatable bonds is 2. The van der Waals surface area contributed by atoms with Crippen molar-refractivity contribution in [2.75, 3.05) is 25.6 Å². The number of hydrogen-bond donors (Lipinski definition) is 0. The third-order valence-electron chi connectivity index (χ3n) is 4.34. The number of fused-ring (bicyclic) bond motifs is 2. The summed E-state index contributed by atoms with van der Waals surface area (Å²) >= 11 is 0. The summed E-state index contributed by atoms with van der Waals surface area (Å²) in [5.41, 5.74) is 6.13. The monoisotopic (exact) mass is 306 g/mol. The highest BCUT2D eigenvalue weighted by Gasteiger charge is 2.16. The van der Waals surface area contributed by atoms with Crippen molar-refractivity contribution < 1.29 is 4.74 Å². The minimum absolute atomic E-state index is 0.514. The highest BCUT2D eigenvalue weighted by molar-refractivity contribution is 5.83. The van der Waals surface area contributed by atoms with Crippen molar-refractivity contribution in [1.29, 1.82) is 0 Å². The molecule has 3 heterocycles.